The van der Waals surface area contributed by atoms with Gasteiger partial charge >= 0.3 is 0 Å². The molecule has 0 saturated heterocycles. The highest BCUT2D eigenvalue weighted by Crippen LogP contribution is 2.23. The van der Waals surface area contributed by atoms with Gasteiger partial charge in [0.1, 0.15) is 5.69 Å². The van der Waals surface area contributed by atoms with E-state index >= 15 is 0 Å². The van der Waals surface area contributed by atoms with Crippen molar-refractivity contribution in [2.75, 3.05) is 0 Å². The highest BCUT2D eigenvalue weighted by Gasteiger charge is 2.17. The van der Waals surface area contributed by atoms with Crippen molar-refractivity contribution in [1.29, 1.82) is 0 Å². The lowest BCUT2D eigenvalue weighted by atomic mass is 10.1. The van der Waals surface area contributed by atoms with E-state index < -0.39 is 0 Å². The molecule has 2 N–H and O–H groups in total. The summed E-state index contributed by atoms with van der Waals surface area (Å²) in [6.07, 6.45) is 1.49. The predicted molar refractivity (Wildman–Crippen MR) is 83.3 cm³/mol. The second-order valence-electron chi connectivity index (χ2n) is 4.88. The molecule has 21 heavy (non-hydrogen) atoms. The Morgan fingerprint density at radius 3 is 2.52 bits per heavy atom. The molecular formula is C15H14Cl2N2O2. The van der Waals surface area contributed by atoms with Gasteiger partial charge in [-0.25, -0.2) is 0 Å². The number of aromatic nitrogens is 1. The number of H-pyrrole nitrogens is 1. The fourth-order valence-corrected chi connectivity index (χ4v) is 2.32. The molecular weight excluding hydrogens is 311 g/mol. The Morgan fingerprint density at radius 1 is 1.19 bits per heavy atom. The Morgan fingerprint density at radius 2 is 1.90 bits per heavy atom. The lowest BCUT2D eigenvalue weighted by molar-refractivity contribution is 0.0938. The highest BCUT2D eigenvalue weighted by atomic mass is 35.5. The molecule has 0 atom stereocenters. The Labute approximate surface area is 132 Å². The van der Waals surface area contributed by atoms with Crippen molar-refractivity contribution in [2.24, 2.45) is 0 Å². The van der Waals surface area contributed by atoms with E-state index in [1.54, 1.807) is 12.1 Å². The summed E-state index contributed by atoms with van der Waals surface area (Å²) in [5.74, 6) is -0.525. The van der Waals surface area contributed by atoms with Gasteiger partial charge in [0.2, 0.25) is 0 Å². The van der Waals surface area contributed by atoms with Gasteiger partial charge < -0.3 is 10.3 Å². The van der Waals surface area contributed by atoms with Gasteiger partial charge in [0.15, 0.2) is 5.78 Å². The van der Waals surface area contributed by atoms with E-state index in [0.717, 1.165) is 0 Å². The summed E-state index contributed by atoms with van der Waals surface area (Å²) in [6, 6.07) is 6.19. The van der Waals surface area contributed by atoms with E-state index in [1.165, 1.54) is 18.3 Å². The minimum absolute atomic E-state index is 0.0191. The number of hydrogen-bond acceptors (Lipinski definition) is 2. The van der Waals surface area contributed by atoms with Crippen molar-refractivity contribution in [3.8, 4) is 0 Å². The van der Waals surface area contributed by atoms with Gasteiger partial charge in [0.25, 0.3) is 5.91 Å². The molecule has 0 aliphatic carbocycles. The summed E-state index contributed by atoms with van der Waals surface area (Å²) < 4.78 is 0. The van der Waals surface area contributed by atoms with Gasteiger partial charge in [-0.05, 0) is 38.1 Å². The van der Waals surface area contributed by atoms with Crippen LogP contribution < -0.4 is 5.32 Å². The average Bonchev–Trinajstić information content (AvgIpc) is 2.86. The summed E-state index contributed by atoms with van der Waals surface area (Å²) in [4.78, 5) is 27.0. The number of benzene rings is 1. The number of nitrogens with one attached hydrogen (secondary N) is 2. The van der Waals surface area contributed by atoms with Crippen LogP contribution >= 0.6 is 23.2 Å². The van der Waals surface area contributed by atoms with Gasteiger partial charge in [0.05, 0.1) is 5.02 Å². The number of carbonyl (C=O) groups excluding carboxylic acids is 2. The van der Waals surface area contributed by atoms with E-state index in [0.29, 0.717) is 21.8 Å². The molecule has 1 amide bonds. The summed E-state index contributed by atoms with van der Waals surface area (Å²) in [7, 11) is 0. The Bertz CT molecular complexity index is 693. The number of carbonyl (C=O) groups is 2. The molecule has 2 rings (SSSR count). The fraction of sp³-hybridized carbons (Fsp3) is 0.200. The van der Waals surface area contributed by atoms with Crippen molar-refractivity contribution < 1.29 is 9.59 Å². The van der Waals surface area contributed by atoms with E-state index in [-0.39, 0.29) is 22.8 Å². The first-order valence-corrected chi connectivity index (χ1v) is 7.13. The van der Waals surface area contributed by atoms with Crippen LogP contribution in [0.1, 0.15) is 40.3 Å². The SMILES string of the molecule is CC(C)NC(=O)c1cc(C(=O)c2ccc(Cl)cc2Cl)c[nH]1. The monoisotopic (exact) mass is 324 g/mol. The van der Waals surface area contributed by atoms with Crippen molar-refractivity contribution >= 4 is 34.9 Å². The molecule has 110 valence electrons. The maximum absolute atomic E-state index is 12.4. The van der Waals surface area contributed by atoms with E-state index in [9.17, 15) is 9.59 Å². The van der Waals surface area contributed by atoms with Gasteiger partial charge in [-0.2, -0.15) is 0 Å². The lowest BCUT2D eigenvalue weighted by Crippen LogP contribution is -2.30. The molecule has 4 nitrogen and oxygen atoms in total. The van der Waals surface area contributed by atoms with Crippen LogP contribution in [0.15, 0.2) is 30.5 Å². The lowest BCUT2D eigenvalue weighted by Gasteiger charge is -2.05. The van der Waals surface area contributed by atoms with E-state index in [1.807, 2.05) is 13.8 Å². The van der Waals surface area contributed by atoms with Crippen LogP contribution in [-0.4, -0.2) is 22.7 Å². The Kier molecular flexibility index (Phi) is 4.70. The number of ketones is 1. The van der Waals surface area contributed by atoms with E-state index in [4.69, 9.17) is 23.2 Å². The number of halogens is 2. The highest BCUT2D eigenvalue weighted by molar-refractivity contribution is 6.37. The van der Waals surface area contributed by atoms with Crippen molar-refractivity contribution in [2.45, 2.75) is 19.9 Å². The fourth-order valence-electron chi connectivity index (χ4n) is 1.83. The quantitative estimate of drug-likeness (QED) is 0.842. The summed E-state index contributed by atoms with van der Waals surface area (Å²) in [5.41, 5.74) is 1.04. The molecule has 0 aliphatic rings. The molecule has 0 fully saturated rings. The third-order valence-electron chi connectivity index (χ3n) is 2.79. The smallest absolute Gasteiger partial charge is 0.267 e. The van der Waals surface area contributed by atoms with Crippen molar-refractivity contribution in [3.63, 3.8) is 0 Å². The van der Waals surface area contributed by atoms with Crippen molar-refractivity contribution in [1.82, 2.24) is 10.3 Å². The summed E-state index contributed by atoms with van der Waals surface area (Å²) in [5, 5.41) is 3.49. The first-order chi connectivity index (χ1) is 9.88. The number of aromatic amines is 1. The molecule has 0 spiro atoms. The summed E-state index contributed by atoms with van der Waals surface area (Å²) >= 11 is 11.8. The minimum atomic E-state index is -0.267. The van der Waals surface area contributed by atoms with Crippen LogP contribution in [0, 0.1) is 0 Å². The Balaban J connectivity index is 2.25. The second-order valence-corrected chi connectivity index (χ2v) is 5.73. The zero-order chi connectivity index (χ0) is 15.6. The van der Waals surface area contributed by atoms with Gasteiger partial charge in [-0.3, -0.25) is 9.59 Å². The molecule has 1 heterocycles. The van der Waals surface area contributed by atoms with Gasteiger partial charge in [-0.1, -0.05) is 23.2 Å². The minimum Gasteiger partial charge on any atom is -0.356 e. The number of amides is 1. The average molecular weight is 325 g/mol. The number of hydrogen-bond donors (Lipinski definition) is 2. The van der Waals surface area contributed by atoms with Crippen LogP contribution in [-0.2, 0) is 0 Å². The first kappa shape index (κ1) is 15.6. The molecule has 0 saturated carbocycles. The molecule has 2 aromatic rings. The molecule has 1 aromatic carbocycles. The maximum atomic E-state index is 12.4. The van der Waals surface area contributed by atoms with E-state index in [2.05, 4.69) is 10.3 Å². The predicted octanol–water partition coefficient (Wildman–Crippen LogP) is 3.69. The normalized spacial score (nSPS) is 10.7. The van der Waals surface area contributed by atoms with Crippen LogP contribution in [0.4, 0.5) is 0 Å². The zero-order valence-corrected chi connectivity index (χ0v) is 13.0. The van der Waals surface area contributed by atoms with Crippen LogP contribution in [0.2, 0.25) is 10.0 Å². The molecule has 0 radical (unpaired) electrons. The standard InChI is InChI=1S/C15H14Cl2N2O2/c1-8(2)19-15(21)13-5-9(7-18-13)14(20)11-4-3-10(16)6-12(11)17/h3-8,18H,1-2H3,(H,19,21). The van der Waals surface area contributed by atoms with Crippen LogP contribution in [0.3, 0.4) is 0 Å². The Hall–Kier alpha value is -1.78. The third-order valence-corrected chi connectivity index (χ3v) is 3.33. The molecule has 1 aromatic heterocycles. The number of rotatable bonds is 4. The first-order valence-electron chi connectivity index (χ1n) is 6.37. The second kappa shape index (κ2) is 6.33. The topological polar surface area (TPSA) is 62.0 Å². The molecule has 0 unspecified atom stereocenters. The summed E-state index contributed by atoms with van der Waals surface area (Å²) in [6.45, 7) is 3.72. The van der Waals surface area contributed by atoms with Gasteiger partial charge in [0, 0.05) is 28.4 Å². The molecule has 0 bridgehead atoms. The largest absolute Gasteiger partial charge is 0.356 e. The van der Waals surface area contributed by atoms with Gasteiger partial charge in [-0.15, -0.1) is 0 Å². The molecule has 6 heteroatoms. The third kappa shape index (κ3) is 3.65. The molecule has 0 aliphatic heterocycles. The van der Waals surface area contributed by atoms with Crippen LogP contribution in [0.25, 0.3) is 0 Å². The maximum Gasteiger partial charge on any atom is 0.267 e. The van der Waals surface area contributed by atoms with Crippen molar-refractivity contribution in [3.05, 3.63) is 57.3 Å². The zero-order valence-electron chi connectivity index (χ0n) is 11.5. The van der Waals surface area contributed by atoms with Crippen LogP contribution in [0.5, 0.6) is 0 Å².